The van der Waals surface area contributed by atoms with E-state index < -0.39 is 41.5 Å². The van der Waals surface area contributed by atoms with Crippen molar-refractivity contribution in [3.05, 3.63) is 107 Å². The van der Waals surface area contributed by atoms with Crippen LogP contribution in [0.15, 0.2) is 84.9 Å². The molecular formula is C53H66N6O7. The first kappa shape index (κ1) is 50.8. The Morgan fingerprint density at radius 1 is 0.818 bits per heavy atom. The zero-order valence-electron chi connectivity index (χ0n) is 38.7. The topological polar surface area (TPSA) is 221 Å². The molecular weight excluding hydrogens is 833 g/mol. The highest BCUT2D eigenvalue weighted by Gasteiger charge is 2.36. The largest absolute Gasteiger partial charge is 0.492 e. The van der Waals surface area contributed by atoms with E-state index in [2.05, 4.69) is 36.5 Å². The zero-order valence-corrected chi connectivity index (χ0v) is 38.7. The lowest BCUT2D eigenvalue weighted by Crippen LogP contribution is -2.45. The molecule has 0 fully saturated rings. The van der Waals surface area contributed by atoms with Crippen LogP contribution in [0.25, 0.3) is 22.3 Å². The van der Waals surface area contributed by atoms with Crippen molar-refractivity contribution in [2.24, 2.45) is 29.0 Å². The highest BCUT2D eigenvalue weighted by Crippen LogP contribution is 2.41. The molecule has 1 aliphatic heterocycles. The van der Waals surface area contributed by atoms with Gasteiger partial charge in [0.1, 0.15) is 30.8 Å². The lowest BCUT2D eigenvalue weighted by Gasteiger charge is -2.32. The predicted molar refractivity (Wildman–Crippen MR) is 257 cm³/mol. The van der Waals surface area contributed by atoms with Crippen LogP contribution in [0.5, 0.6) is 11.5 Å². The van der Waals surface area contributed by atoms with Crippen molar-refractivity contribution in [2.75, 3.05) is 39.9 Å². The van der Waals surface area contributed by atoms with Gasteiger partial charge >= 0.3 is 0 Å². The molecule has 4 aromatic rings. The monoisotopic (exact) mass is 898 g/mol. The number of carbonyl (C=O) groups excluding carboxylic acids is 5. The third-order valence-corrected chi connectivity index (χ3v) is 12.1. The number of nitrogens with two attached hydrogens (primary N) is 3. The van der Waals surface area contributed by atoms with Crippen LogP contribution in [-0.4, -0.2) is 80.0 Å². The number of hydrogen-bond donors (Lipinski definition) is 4. The molecule has 5 rings (SSSR count). The number of nitrogens with zero attached hydrogens (tertiary/aromatic N) is 2. The van der Waals surface area contributed by atoms with Crippen molar-refractivity contribution in [2.45, 2.75) is 96.6 Å². The molecule has 0 saturated heterocycles. The Morgan fingerprint density at radius 2 is 1.45 bits per heavy atom. The number of nitriles is 1. The van der Waals surface area contributed by atoms with Gasteiger partial charge in [-0.3, -0.25) is 24.0 Å². The average Bonchev–Trinajstić information content (AvgIpc) is 3.33. The molecule has 1 aliphatic rings. The van der Waals surface area contributed by atoms with E-state index in [9.17, 15) is 29.2 Å². The van der Waals surface area contributed by atoms with E-state index in [0.29, 0.717) is 65.1 Å². The van der Waals surface area contributed by atoms with E-state index >= 15 is 0 Å². The molecule has 0 aromatic heterocycles. The van der Waals surface area contributed by atoms with Crippen LogP contribution in [0.4, 0.5) is 0 Å². The number of ketones is 3. The van der Waals surface area contributed by atoms with Crippen LogP contribution < -0.4 is 32.0 Å². The maximum atomic E-state index is 14.9. The van der Waals surface area contributed by atoms with Gasteiger partial charge in [0.05, 0.1) is 12.1 Å². The number of unbranched alkanes of at least 4 members (excludes halogenated alkanes) is 2. The molecule has 0 spiro atoms. The lowest BCUT2D eigenvalue weighted by molar-refractivity contribution is -0.142. The van der Waals surface area contributed by atoms with Crippen molar-refractivity contribution in [1.82, 2.24) is 10.2 Å². The molecule has 1 heterocycles. The summed E-state index contributed by atoms with van der Waals surface area (Å²) in [6.07, 6.45) is 4.55. The Morgan fingerprint density at radius 3 is 2.08 bits per heavy atom. The van der Waals surface area contributed by atoms with Gasteiger partial charge in [0.15, 0.2) is 17.3 Å². The summed E-state index contributed by atoms with van der Waals surface area (Å²) in [4.78, 5) is 72.5. The first-order valence-corrected chi connectivity index (χ1v) is 23.3. The van der Waals surface area contributed by atoms with Crippen LogP contribution in [0.3, 0.4) is 0 Å². The molecule has 0 saturated carbocycles. The number of fused-ring (bicyclic) bond motifs is 5. The number of aryl methyl sites for hydroxylation is 1. The van der Waals surface area contributed by atoms with E-state index in [1.54, 1.807) is 56.4 Å². The minimum atomic E-state index is -1.19. The third-order valence-electron chi connectivity index (χ3n) is 12.1. The minimum absolute atomic E-state index is 0.0215. The number of nitrogens with one attached hydrogen (secondary N) is 1. The maximum Gasteiger partial charge on any atom is 0.226 e. The van der Waals surface area contributed by atoms with Crippen LogP contribution in [0, 0.1) is 23.2 Å². The van der Waals surface area contributed by atoms with Gasteiger partial charge in [0.25, 0.3) is 0 Å². The molecule has 7 N–H and O–H groups in total. The Bertz CT molecular complexity index is 2320. The van der Waals surface area contributed by atoms with Crippen LogP contribution >= 0.6 is 0 Å². The molecule has 4 aromatic carbocycles. The summed E-state index contributed by atoms with van der Waals surface area (Å²) in [7, 11) is 1.56. The fourth-order valence-corrected chi connectivity index (χ4v) is 8.41. The first-order valence-electron chi connectivity index (χ1n) is 23.3. The quantitative estimate of drug-likeness (QED) is 0.0462. The van der Waals surface area contributed by atoms with Gasteiger partial charge in [-0.2, -0.15) is 5.26 Å². The average molecular weight is 899 g/mol. The van der Waals surface area contributed by atoms with Gasteiger partial charge in [0.2, 0.25) is 11.8 Å². The standard InChI is InChI=1S/C53H66N6O7/c1-4-5-9-36-12-15-38(16-13-36)39-17-19-40(20-18-39)47(61)34-42(10-6-7-24-54)53(64)59(3)51-41-21-23-50(66-29-27-57)44(33-41)43-31-37(14-22-49(43)65-28-26-56)32-45(46(60)11-8-25-55)58-52(63)35(2)30-48(51)62/h12-23,31,33,35,42,45,51H,4-11,24,26-30,32,34,54,56-57H2,1-3H3,(H,58,63)/t35-,42-,45+,51+/m1/s1. The van der Waals surface area contributed by atoms with Crippen molar-refractivity contribution < 1.29 is 33.4 Å². The molecule has 0 unspecified atom stereocenters. The van der Waals surface area contributed by atoms with E-state index in [1.807, 2.05) is 24.3 Å². The minimum Gasteiger partial charge on any atom is -0.492 e. The number of carbonyl (C=O) groups is 5. The van der Waals surface area contributed by atoms with Gasteiger partial charge in [0, 0.05) is 74.3 Å². The Labute approximate surface area is 389 Å². The third kappa shape index (κ3) is 13.7. The summed E-state index contributed by atoms with van der Waals surface area (Å²) in [5.74, 6) is -2.65. The Balaban J connectivity index is 1.55. The molecule has 0 aliphatic carbocycles. The summed E-state index contributed by atoms with van der Waals surface area (Å²) in [5.41, 5.74) is 23.6. The van der Waals surface area contributed by atoms with Crippen LogP contribution in [-0.2, 0) is 32.0 Å². The summed E-state index contributed by atoms with van der Waals surface area (Å²) < 4.78 is 12.3. The fourth-order valence-electron chi connectivity index (χ4n) is 8.41. The van der Waals surface area contributed by atoms with E-state index in [0.717, 1.165) is 30.4 Å². The molecule has 350 valence electrons. The SMILES string of the molecule is CCCCc1ccc(-c2ccc(C(=O)C[C@@H](CCCCN)C(=O)N(C)[C@@H]3C(=O)C[C@@H](C)C(=O)N[C@H](C(=O)CCC#N)Cc4ccc(OCCN)c(c4)-c4cc3ccc4OCCN)cc2)cc1. The van der Waals surface area contributed by atoms with E-state index in [1.165, 1.54) is 10.5 Å². The second-order valence-electron chi connectivity index (χ2n) is 17.2. The molecule has 4 bridgehead atoms. The Kier molecular flexibility index (Phi) is 19.6. The molecule has 0 radical (unpaired) electrons. The van der Waals surface area contributed by atoms with Gasteiger partial charge in [-0.15, -0.1) is 0 Å². The second kappa shape index (κ2) is 25.5. The van der Waals surface area contributed by atoms with Crippen molar-refractivity contribution in [1.29, 1.82) is 5.26 Å². The number of amides is 2. The summed E-state index contributed by atoms with van der Waals surface area (Å²) in [6, 6.07) is 26.3. The fraction of sp³-hybridized carbons (Fsp3) is 0.434. The highest BCUT2D eigenvalue weighted by atomic mass is 16.5. The molecule has 66 heavy (non-hydrogen) atoms. The van der Waals surface area contributed by atoms with Gasteiger partial charge in [-0.25, -0.2) is 0 Å². The number of ether oxygens (including phenoxy) is 2. The first-order chi connectivity index (χ1) is 31.9. The smallest absolute Gasteiger partial charge is 0.226 e. The van der Waals surface area contributed by atoms with Gasteiger partial charge in [-0.1, -0.05) is 87.4 Å². The summed E-state index contributed by atoms with van der Waals surface area (Å²) in [5, 5.41) is 12.1. The number of likely N-dealkylation sites (N-methyl/N-ethyl adjacent to an activating group) is 1. The number of hydrogen-bond acceptors (Lipinski definition) is 11. The van der Waals surface area contributed by atoms with Crippen molar-refractivity contribution in [3.63, 3.8) is 0 Å². The second-order valence-corrected chi connectivity index (χ2v) is 17.2. The van der Waals surface area contributed by atoms with Crippen LogP contribution in [0.1, 0.15) is 105 Å². The van der Waals surface area contributed by atoms with Crippen molar-refractivity contribution in [3.8, 4) is 39.8 Å². The van der Waals surface area contributed by atoms with E-state index in [-0.39, 0.29) is 70.0 Å². The summed E-state index contributed by atoms with van der Waals surface area (Å²) >= 11 is 0. The Hall–Kier alpha value is -6.20. The van der Waals surface area contributed by atoms with Gasteiger partial charge in [-0.05, 0) is 90.7 Å². The van der Waals surface area contributed by atoms with E-state index in [4.69, 9.17) is 26.7 Å². The number of rotatable bonds is 22. The van der Waals surface area contributed by atoms with Crippen LogP contribution in [0.2, 0.25) is 0 Å². The number of benzene rings is 4. The summed E-state index contributed by atoms with van der Waals surface area (Å²) in [6.45, 7) is 5.02. The highest BCUT2D eigenvalue weighted by molar-refractivity contribution is 6.00. The molecule has 4 atom stereocenters. The lowest BCUT2D eigenvalue weighted by atomic mass is 9.87. The van der Waals surface area contributed by atoms with Crippen molar-refractivity contribution >= 4 is 29.2 Å². The van der Waals surface area contributed by atoms with Gasteiger partial charge < -0.3 is 36.9 Å². The predicted octanol–water partition coefficient (Wildman–Crippen LogP) is 7.06. The molecule has 13 nitrogen and oxygen atoms in total. The maximum absolute atomic E-state index is 14.9. The number of Topliss-reactive ketones (excluding diaryl/α,β-unsaturated/α-hetero) is 3. The molecule has 13 heteroatoms. The normalized spacial score (nSPS) is 16.6. The molecule has 2 amide bonds. The zero-order chi connectivity index (χ0) is 47.6.